The van der Waals surface area contributed by atoms with Gasteiger partial charge < -0.3 is 15.5 Å². The number of nitrogen functional groups attached to an aromatic ring is 1. The van der Waals surface area contributed by atoms with Crippen LogP contribution in [-0.4, -0.2) is 43.0 Å². The van der Waals surface area contributed by atoms with Crippen LogP contribution >= 0.6 is 0 Å². The zero-order valence-electron chi connectivity index (χ0n) is 14.1. The highest BCUT2D eigenvalue weighted by Gasteiger charge is 2.14. The number of likely N-dealkylation sites (N-methyl/N-ethyl adjacent to an activating group) is 2. The molecule has 0 saturated heterocycles. The number of rotatable bonds is 3. The maximum Gasteiger partial charge on any atom is 0.250 e. The number of carbonyl (C=O) groups excluding carboxylic acids is 1. The normalized spacial score (nSPS) is 15.2. The summed E-state index contributed by atoms with van der Waals surface area (Å²) in [6.07, 6.45) is 4.47. The van der Waals surface area contributed by atoms with E-state index in [0.29, 0.717) is 5.82 Å². The number of aromatic nitrogens is 1. The highest BCUT2D eigenvalue weighted by Crippen LogP contribution is 2.29. The lowest BCUT2D eigenvalue weighted by atomic mass is 10.0. The molecule has 2 N–H and O–H groups in total. The van der Waals surface area contributed by atoms with Crippen LogP contribution in [0.2, 0.25) is 0 Å². The minimum Gasteiger partial charge on any atom is -0.383 e. The van der Waals surface area contributed by atoms with Gasteiger partial charge in [0.15, 0.2) is 0 Å². The van der Waals surface area contributed by atoms with Gasteiger partial charge in [0.2, 0.25) is 5.91 Å². The third kappa shape index (κ3) is 3.03. The second kappa shape index (κ2) is 6.45. The lowest BCUT2D eigenvalue weighted by Gasteiger charge is -2.22. The van der Waals surface area contributed by atoms with Crippen molar-refractivity contribution in [1.82, 2.24) is 9.88 Å². The molecular formula is C19H22N4O. The Morgan fingerprint density at radius 1 is 1.42 bits per heavy atom. The average molecular weight is 322 g/mol. The molecule has 0 unspecified atom stereocenters. The summed E-state index contributed by atoms with van der Waals surface area (Å²) in [5.74, 6) is 0.376. The van der Waals surface area contributed by atoms with Gasteiger partial charge in [-0.3, -0.25) is 4.79 Å². The number of fused-ring (bicyclic) bond motifs is 1. The first-order valence-corrected chi connectivity index (χ1v) is 7.98. The fraction of sp³-hybridized carbons (Fsp3) is 0.263. The molecule has 3 rings (SSSR count). The van der Waals surface area contributed by atoms with E-state index in [1.165, 1.54) is 11.6 Å². The molecule has 2 aromatic rings. The van der Waals surface area contributed by atoms with Crippen LogP contribution in [0.1, 0.15) is 12.1 Å². The minimum atomic E-state index is -0.144. The third-order valence-corrected chi connectivity index (χ3v) is 4.48. The Bertz CT molecular complexity index is 841. The first kappa shape index (κ1) is 16.2. The van der Waals surface area contributed by atoms with Crippen molar-refractivity contribution in [3.8, 4) is 0 Å². The summed E-state index contributed by atoms with van der Waals surface area (Å²) in [6.45, 7) is 5.47. The molecule has 0 bridgehead atoms. The van der Waals surface area contributed by atoms with E-state index in [1.807, 2.05) is 18.2 Å². The molecule has 2 heterocycles. The van der Waals surface area contributed by atoms with Crippen molar-refractivity contribution in [2.24, 2.45) is 0 Å². The maximum atomic E-state index is 11.8. The van der Waals surface area contributed by atoms with E-state index in [2.05, 4.69) is 35.7 Å². The largest absolute Gasteiger partial charge is 0.383 e. The van der Waals surface area contributed by atoms with Gasteiger partial charge >= 0.3 is 0 Å². The molecule has 1 amide bonds. The molecule has 0 radical (unpaired) electrons. The van der Waals surface area contributed by atoms with Gasteiger partial charge in [0.05, 0.1) is 5.69 Å². The summed E-state index contributed by atoms with van der Waals surface area (Å²) in [6, 6.07) is 7.80. The SMILES string of the molecule is C=CC(=O)N(C)c1ccc2c(N)nc(C3=CCN(C)CC3)cc2c1. The van der Waals surface area contributed by atoms with E-state index in [4.69, 9.17) is 5.73 Å². The maximum absolute atomic E-state index is 11.8. The van der Waals surface area contributed by atoms with Gasteiger partial charge in [0.1, 0.15) is 5.82 Å². The van der Waals surface area contributed by atoms with Gasteiger partial charge in [-0.25, -0.2) is 4.98 Å². The summed E-state index contributed by atoms with van der Waals surface area (Å²) in [4.78, 5) is 20.2. The Labute approximate surface area is 142 Å². The third-order valence-electron chi connectivity index (χ3n) is 4.48. The summed E-state index contributed by atoms with van der Waals surface area (Å²) in [5, 5.41) is 1.88. The lowest BCUT2D eigenvalue weighted by Crippen LogP contribution is -2.24. The molecule has 1 aliphatic heterocycles. The molecule has 0 saturated carbocycles. The number of nitrogens with zero attached hydrogens (tertiary/aromatic N) is 3. The first-order chi connectivity index (χ1) is 11.5. The van der Waals surface area contributed by atoms with Gasteiger partial charge in [-0.15, -0.1) is 0 Å². The molecule has 0 atom stereocenters. The highest BCUT2D eigenvalue weighted by molar-refractivity contribution is 6.03. The molecule has 0 fully saturated rings. The van der Waals surface area contributed by atoms with E-state index in [9.17, 15) is 4.79 Å². The molecule has 1 aromatic carbocycles. The van der Waals surface area contributed by atoms with Crippen molar-refractivity contribution in [3.63, 3.8) is 0 Å². The van der Waals surface area contributed by atoms with E-state index in [-0.39, 0.29) is 5.91 Å². The molecule has 124 valence electrons. The van der Waals surface area contributed by atoms with Crippen molar-refractivity contribution < 1.29 is 4.79 Å². The highest BCUT2D eigenvalue weighted by atomic mass is 16.2. The quantitative estimate of drug-likeness (QED) is 0.883. The second-order valence-corrected chi connectivity index (χ2v) is 6.14. The Morgan fingerprint density at radius 3 is 2.88 bits per heavy atom. The van der Waals surface area contributed by atoms with Crippen molar-refractivity contribution in [2.75, 3.05) is 37.8 Å². The molecule has 1 aliphatic rings. The Hall–Kier alpha value is -2.66. The van der Waals surface area contributed by atoms with Crippen molar-refractivity contribution in [2.45, 2.75) is 6.42 Å². The van der Waals surface area contributed by atoms with Crippen molar-refractivity contribution in [1.29, 1.82) is 0 Å². The number of carbonyl (C=O) groups is 1. The molecular weight excluding hydrogens is 300 g/mol. The molecule has 0 aliphatic carbocycles. The standard InChI is InChI=1S/C19H22N4O/c1-4-18(24)23(3)15-5-6-16-14(11-15)12-17(21-19(16)20)13-7-9-22(2)10-8-13/h4-7,11-12H,1,8-10H2,2-3H3,(H2,20,21). The molecule has 0 spiro atoms. The monoisotopic (exact) mass is 322 g/mol. The summed E-state index contributed by atoms with van der Waals surface area (Å²) in [7, 11) is 3.84. The number of benzene rings is 1. The summed E-state index contributed by atoms with van der Waals surface area (Å²) < 4.78 is 0. The van der Waals surface area contributed by atoms with Crippen LogP contribution in [0.15, 0.2) is 43.0 Å². The fourth-order valence-electron chi connectivity index (χ4n) is 2.91. The van der Waals surface area contributed by atoms with E-state index >= 15 is 0 Å². The van der Waals surface area contributed by atoms with Gasteiger partial charge in [-0.2, -0.15) is 0 Å². The predicted octanol–water partition coefficient (Wildman–Crippen LogP) is 2.68. The number of nitrogens with two attached hydrogens (primary N) is 1. The lowest BCUT2D eigenvalue weighted by molar-refractivity contribution is -0.113. The van der Waals surface area contributed by atoms with Crippen molar-refractivity contribution >= 4 is 33.8 Å². The Kier molecular flexibility index (Phi) is 4.36. The van der Waals surface area contributed by atoms with Gasteiger partial charge in [-0.1, -0.05) is 12.7 Å². The molecule has 5 heteroatoms. The van der Waals surface area contributed by atoms with Gasteiger partial charge in [0.25, 0.3) is 0 Å². The minimum absolute atomic E-state index is 0.144. The number of anilines is 2. The van der Waals surface area contributed by atoms with Crippen LogP contribution in [0.5, 0.6) is 0 Å². The zero-order valence-corrected chi connectivity index (χ0v) is 14.1. The summed E-state index contributed by atoms with van der Waals surface area (Å²) in [5.41, 5.74) is 9.11. The number of amides is 1. The predicted molar refractivity (Wildman–Crippen MR) is 99.9 cm³/mol. The average Bonchev–Trinajstić information content (AvgIpc) is 2.60. The number of hydrogen-bond acceptors (Lipinski definition) is 4. The summed E-state index contributed by atoms with van der Waals surface area (Å²) >= 11 is 0. The van der Waals surface area contributed by atoms with Crippen LogP contribution < -0.4 is 10.6 Å². The number of pyridine rings is 1. The Morgan fingerprint density at radius 2 is 2.21 bits per heavy atom. The fourth-order valence-corrected chi connectivity index (χ4v) is 2.91. The zero-order chi connectivity index (χ0) is 17.3. The smallest absolute Gasteiger partial charge is 0.250 e. The van der Waals surface area contributed by atoms with E-state index in [0.717, 1.165) is 41.7 Å². The van der Waals surface area contributed by atoms with Crippen LogP contribution in [0.3, 0.4) is 0 Å². The van der Waals surface area contributed by atoms with Crippen molar-refractivity contribution in [3.05, 3.63) is 48.7 Å². The first-order valence-electron chi connectivity index (χ1n) is 7.98. The number of hydrogen-bond donors (Lipinski definition) is 1. The Balaban J connectivity index is 2.05. The molecule has 5 nitrogen and oxygen atoms in total. The van der Waals surface area contributed by atoms with Gasteiger partial charge in [0, 0.05) is 31.2 Å². The molecule has 24 heavy (non-hydrogen) atoms. The van der Waals surface area contributed by atoms with E-state index < -0.39 is 0 Å². The van der Waals surface area contributed by atoms with E-state index in [1.54, 1.807) is 11.9 Å². The van der Waals surface area contributed by atoms with Crippen LogP contribution in [0.25, 0.3) is 16.3 Å². The molecule has 1 aromatic heterocycles. The van der Waals surface area contributed by atoms with Crippen LogP contribution in [-0.2, 0) is 4.79 Å². The second-order valence-electron chi connectivity index (χ2n) is 6.14. The van der Waals surface area contributed by atoms with Crippen LogP contribution in [0, 0.1) is 0 Å². The van der Waals surface area contributed by atoms with Crippen LogP contribution in [0.4, 0.5) is 11.5 Å². The van der Waals surface area contributed by atoms with Gasteiger partial charge in [-0.05, 0) is 54.8 Å². The topological polar surface area (TPSA) is 62.5 Å².